The largest absolute Gasteiger partial charge is 0.417 e. The van der Waals surface area contributed by atoms with Crippen LogP contribution in [0.15, 0.2) is 70.6 Å². The van der Waals surface area contributed by atoms with Crippen molar-refractivity contribution in [1.29, 1.82) is 0 Å². The summed E-state index contributed by atoms with van der Waals surface area (Å²) in [5, 5.41) is 3.19. The molecule has 182 valence electrons. The topological polar surface area (TPSA) is 82.1 Å². The molecular weight excluding hydrogens is 469 g/mol. The summed E-state index contributed by atoms with van der Waals surface area (Å²) in [5.41, 5.74) is 0.630. The van der Waals surface area contributed by atoms with Crippen molar-refractivity contribution in [3.05, 3.63) is 77.4 Å². The van der Waals surface area contributed by atoms with E-state index in [1.165, 1.54) is 23.1 Å². The van der Waals surface area contributed by atoms with Crippen molar-refractivity contribution >= 4 is 21.8 Å². The van der Waals surface area contributed by atoms with Crippen molar-refractivity contribution in [1.82, 2.24) is 14.5 Å². The Hall–Kier alpha value is -3.18. The van der Waals surface area contributed by atoms with Gasteiger partial charge in [0.25, 0.3) is 0 Å². The summed E-state index contributed by atoms with van der Waals surface area (Å²) in [6.45, 7) is 1.62. The summed E-state index contributed by atoms with van der Waals surface area (Å²) in [6.07, 6.45) is -2.30. The number of carbonyl (C=O) groups is 1. The minimum Gasteiger partial charge on any atom is -0.368 e. The predicted molar refractivity (Wildman–Crippen MR) is 123 cm³/mol. The second-order valence-corrected chi connectivity index (χ2v) is 9.74. The molecule has 2 aromatic rings. The molecule has 0 radical (unpaired) electrons. The Balaban J connectivity index is 1.59. The Bertz CT molecular complexity index is 1190. The third-order valence-corrected chi connectivity index (χ3v) is 7.08. The van der Waals surface area contributed by atoms with E-state index in [2.05, 4.69) is 10.3 Å². The smallest absolute Gasteiger partial charge is 0.368 e. The predicted octanol–water partition coefficient (Wildman–Crippen LogP) is 2.89. The molecule has 1 aliphatic heterocycles. The number of hydrogen-bond donors (Lipinski definition) is 1. The van der Waals surface area contributed by atoms with Crippen LogP contribution in [0.3, 0.4) is 0 Å². The molecule has 0 bridgehead atoms. The number of amidine groups is 1. The molecule has 0 aromatic heterocycles. The second-order valence-electron chi connectivity index (χ2n) is 7.73. The van der Waals surface area contributed by atoms with E-state index in [0.29, 0.717) is 6.54 Å². The zero-order valence-electron chi connectivity index (χ0n) is 18.7. The van der Waals surface area contributed by atoms with Crippen molar-refractivity contribution in [2.75, 3.05) is 33.7 Å². The standard InChI is InChI=1S/C23H25F3N4O3S/c1-29(16-17-9-11-18(12-10-17)22-27-13-14-28-22)21(31)8-5-15-30(2)34(32,33)20-7-4-3-6-19(20)23(24,25)26/h3-12H,13-16H2,1-2H3,(H,27,28). The van der Waals surface area contributed by atoms with Gasteiger partial charge in [-0.2, -0.15) is 17.5 Å². The number of rotatable bonds is 8. The maximum atomic E-state index is 13.2. The minimum atomic E-state index is -4.81. The molecule has 2 aromatic carbocycles. The van der Waals surface area contributed by atoms with E-state index in [9.17, 15) is 26.4 Å². The Morgan fingerprint density at radius 2 is 1.79 bits per heavy atom. The normalized spacial score (nSPS) is 14.4. The molecule has 1 N–H and O–H groups in total. The average Bonchev–Trinajstić information content (AvgIpc) is 3.33. The zero-order valence-corrected chi connectivity index (χ0v) is 19.5. The Labute approximate surface area is 196 Å². The molecule has 7 nitrogen and oxygen atoms in total. The number of aliphatic imine (C=N–C) groups is 1. The summed E-state index contributed by atoms with van der Waals surface area (Å²) in [6, 6.07) is 11.6. The molecule has 1 aliphatic rings. The van der Waals surface area contributed by atoms with Gasteiger partial charge in [-0.1, -0.05) is 42.5 Å². The monoisotopic (exact) mass is 494 g/mol. The average molecular weight is 495 g/mol. The lowest BCUT2D eigenvalue weighted by atomic mass is 10.1. The summed E-state index contributed by atoms with van der Waals surface area (Å²) in [5.74, 6) is 0.475. The van der Waals surface area contributed by atoms with Gasteiger partial charge in [0.15, 0.2) is 0 Å². The third-order valence-electron chi connectivity index (χ3n) is 5.20. The van der Waals surface area contributed by atoms with Crippen molar-refractivity contribution in [2.24, 2.45) is 4.99 Å². The molecule has 1 amide bonds. The lowest BCUT2D eigenvalue weighted by molar-refractivity contribution is -0.140. The number of hydrogen-bond acceptors (Lipinski definition) is 5. The van der Waals surface area contributed by atoms with Gasteiger partial charge in [0.1, 0.15) is 5.84 Å². The highest BCUT2D eigenvalue weighted by Gasteiger charge is 2.37. The molecule has 0 fully saturated rings. The van der Waals surface area contributed by atoms with Crippen LogP contribution in [0, 0.1) is 0 Å². The van der Waals surface area contributed by atoms with Crippen molar-refractivity contribution in [2.45, 2.75) is 17.6 Å². The van der Waals surface area contributed by atoms with Crippen LogP contribution in [0.4, 0.5) is 13.2 Å². The first-order chi connectivity index (χ1) is 16.0. The van der Waals surface area contributed by atoms with Crippen LogP contribution in [0.2, 0.25) is 0 Å². The van der Waals surface area contributed by atoms with Crippen molar-refractivity contribution in [3.63, 3.8) is 0 Å². The van der Waals surface area contributed by atoms with Crippen molar-refractivity contribution in [3.8, 4) is 0 Å². The van der Waals surface area contributed by atoms with Gasteiger partial charge in [-0.3, -0.25) is 9.79 Å². The summed E-state index contributed by atoms with van der Waals surface area (Å²) >= 11 is 0. The van der Waals surface area contributed by atoms with Crippen LogP contribution in [-0.4, -0.2) is 63.1 Å². The van der Waals surface area contributed by atoms with Crippen LogP contribution in [0.1, 0.15) is 16.7 Å². The van der Waals surface area contributed by atoms with Crippen LogP contribution in [-0.2, 0) is 27.5 Å². The number of nitrogens with one attached hydrogen (secondary N) is 1. The van der Waals surface area contributed by atoms with E-state index in [0.717, 1.165) is 59.6 Å². The van der Waals surface area contributed by atoms with E-state index in [1.807, 2.05) is 24.3 Å². The molecule has 1 heterocycles. The molecule has 0 unspecified atom stereocenters. The molecule has 11 heteroatoms. The molecule has 0 atom stereocenters. The van der Waals surface area contributed by atoms with E-state index in [4.69, 9.17) is 0 Å². The molecule has 0 aliphatic carbocycles. The molecule has 34 heavy (non-hydrogen) atoms. The lowest BCUT2D eigenvalue weighted by Gasteiger charge is -2.19. The van der Waals surface area contributed by atoms with Gasteiger partial charge in [0.05, 0.1) is 17.0 Å². The SMILES string of the molecule is CN(Cc1ccc(C2=NCCN2)cc1)C(=O)C=CCN(C)S(=O)(=O)c1ccccc1C(F)(F)F. The number of halogens is 3. The van der Waals surface area contributed by atoms with E-state index < -0.39 is 26.7 Å². The highest BCUT2D eigenvalue weighted by atomic mass is 32.2. The summed E-state index contributed by atoms with van der Waals surface area (Å²) in [7, 11) is -1.65. The van der Waals surface area contributed by atoms with Gasteiger partial charge in [0, 0.05) is 45.4 Å². The van der Waals surface area contributed by atoms with E-state index in [1.54, 1.807) is 7.05 Å². The van der Waals surface area contributed by atoms with Gasteiger partial charge < -0.3 is 10.2 Å². The maximum Gasteiger partial charge on any atom is 0.417 e. The summed E-state index contributed by atoms with van der Waals surface area (Å²) < 4.78 is 65.7. The zero-order chi connectivity index (χ0) is 24.9. The second kappa shape index (κ2) is 10.4. The fraction of sp³-hybridized carbons (Fsp3) is 0.304. The van der Waals surface area contributed by atoms with Gasteiger partial charge in [-0.25, -0.2) is 8.42 Å². The molecule has 3 rings (SSSR count). The van der Waals surface area contributed by atoms with Crippen LogP contribution >= 0.6 is 0 Å². The van der Waals surface area contributed by atoms with Gasteiger partial charge in [0.2, 0.25) is 15.9 Å². The highest BCUT2D eigenvalue weighted by molar-refractivity contribution is 7.89. The van der Waals surface area contributed by atoms with Gasteiger partial charge in [-0.05, 0) is 17.7 Å². The van der Waals surface area contributed by atoms with Crippen LogP contribution in [0.5, 0.6) is 0 Å². The number of sulfonamides is 1. The van der Waals surface area contributed by atoms with Gasteiger partial charge in [-0.15, -0.1) is 0 Å². The first-order valence-electron chi connectivity index (χ1n) is 10.4. The number of benzene rings is 2. The Morgan fingerprint density at radius 3 is 2.41 bits per heavy atom. The maximum absolute atomic E-state index is 13.2. The van der Waals surface area contributed by atoms with E-state index in [-0.39, 0.29) is 12.5 Å². The first kappa shape index (κ1) is 25.4. The Kier molecular flexibility index (Phi) is 7.78. The molecule has 0 spiro atoms. The van der Waals surface area contributed by atoms with Crippen LogP contribution in [0.25, 0.3) is 0 Å². The minimum absolute atomic E-state index is 0.266. The number of carbonyl (C=O) groups excluding carboxylic acids is 1. The van der Waals surface area contributed by atoms with E-state index >= 15 is 0 Å². The fourth-order valence-corrected chi connectivity index (χ4v) is 4.66. The van der Waals surface area contributed by atoms with Gasteiger partial charge >= 0.3 is 6.18 Å². The van der Waals surface area contributed by atoms with Crippen LogP contribution < -0.4 is 5.32 Å². The fourth-order valence-electron chi connectivity index (χ4n) is 3.33. The van der Waals surface area contributed by atoms with Crippen molar-refractivity contribution < 1.29 is 26.4 Å². The quantitative estimate of drug-likeness (QED) is 0.573. The molecular formula is C23H25F3N4O3S. The number of alkyl halides is 3. The number of amides is 1. The first-order valence-corrected chi connectivity index (χ1v) is 11.9. The third kappa shape index (κ3) is 6.03. The summed E-state index contributed by atoms with van der Waals surface area (Å²) in [4.78, 5) is 17.4. The number of likely N-dealkylation sites (N-methyl/N-ethyl adjacent to an activating group) is 2. The lowest BCUT2D eigenvalue weighted by Crippen LogP contribution is -2.29. The highest BCUT2D eigenvalue weighted by Crippen LogP contribution is 2.34. The number of nitrogens with zero attached hydrogens (tertiary/aromatic N) is 3. The Morgan fingerprint density at radius 1 is 1.12 bits per heavy atom. The molecule has 0 saturated heterocycles. The molecule has 0 saturated carbocycles.